The summed E-state index contributed by atoms with van der Waals surface area (Å²) in [7, 11) is 0. The van der Waals surface area contributed by atoms with Gasteiger partial charge in [0.25, 0.3) is 0 Å². The summed E-state index contributed by atoms with van der Waals surface area (Å²) < 4.78 is 0. The van der Waals surface area contributed by atoms with Crippen LogP contribution in [0.15, 0.2) is 30.3 Å². The third kappa shape index (κ3) is 11.3. The molecule has 13 heteroatoms. The first-order valence-electron chi connectivity index (χ1n) is 16.9. The second kappa shape index (κ2) is 18.4. The monoisotopic (exact) mass is 656 g/mol. The van der Waals surface area contributed by atoms with Gasteiger partial charge in [-0.05, 0) is 63.4 Å². The number of benzene rings is 1. The Morgan fingerprint density at radius 1 is 0.894 bits per heavy atom. The van der Waals surface area contributed by atoms with E-state index in [2.05, 4.69) is 26.6 Å². The quantitative estimate of drug-likeness (QED) is 0.238. The summed E-state index contributed by atoms with van der Waals surface area (Å²) >= 11 is 0. The molecule has 2 heterocycles. The van der Waals surface area contributed by atoms with Crippen molar-refractivity contribution >= 4 is 35.4 Å². The van der Waals surface area contributed by atoms with E-state index in [4.69, 9.17) is 0 Å². The van der Waals surface area contributed by atoms with E-state index in [1.165, 1.54) is 11.8 Å². The molecule has 1 aromatic rings. The van der Waals surface area contributed by atoms with E-state index in [0.717, 1.165) is 5.56 Å². The van der Waals surface area contributed by atoms with Crippen molar-refractivity contribution in [1.82, 2.24) is 31.5 Å². The van der Waals surface area contributed by atoms with Crippen molar-refractivity contribution in [3.63, 3.8) is 0 Å². The molecule has 0 bridgehead atoms. The lowest BCUT2D eigenvalue weighted by Crippen LogP contribution is -2.61. The fourth-order valence-electron chi connectivity index (χ4n) is 5.86. The standard InChI is InChI=1S/C34H52N6O7/c1-5-24-30(43)39-29(22(4)41)33(46)38-26(20-23-12-7-6-8-13-23)34(47)40-19-11-15-27(40)32(45)35-18-10-9-14-25(31(44)37-24)36-28(42)17-16-21(2)3/h6-8,12-13,21-22,24-27,29,41H,5,9-11,14-20H2,1-4H3,(H,35,45)(H,36,42)(H,37,44)(H,38,46)(H,39,43)/t22-,24+,25+,26-,27+,29+/m1/s1. The highest BCUT2D eigenvalue weighted by Gasteiger charge is 2.39. The van der Waals surface area contributed by atoms with Gasteiger partial charge in [-0.25, -0.2) is 0 Å². The average Bonchev–Trinajstić information content (AvgIpc) is 3.53. The SMILES string of the molecule is CC[C@@H]1NC(=O)[C@@H](NC(=O)CCC(C)C)CCCCNC(=O)[C@@H]2CCCN2C(=O)[C@@H](Cc2ccccc2)NC(=O)[C@H]([C@@H](C)O)NC1=O. The van der Waals surface area contributed by atoms with E-state index in [1.54, 1.807) is 6.92 Å². The van der Waals surface area contributed by atoms with Crippen LogP contribution in [0.25, 0.3) is 0 Å². The zero-order valence-corrected chi connectivity index (χ0v) is 28.1. The molecule has 47 heavy (non-hydrogen) atoms. The predicted octanol–water partition coefficient (Wildman–Crippen LogP) is 0.686. The molecular weight excluding hydrogens is 604 g/mol. The minimum Gasteiger partial charge on any atom is -0.391 e. The summed E-state index contributed by atoms with van der Waals surface area (Å²) in [4.78, 5) is 81.8. The highest BCUT2D eigenvalue weighted by molar-refractivity contribution is 5.97. The third-order valence-corrected chi connectivity index (χ3v) is 8.66. The molecule has 3 rings (SSSR count). The second-order valence-electron chi connectivity index (χ2n) is 13.0. The molecular formula is C34H52N6O7. The zero-order chi connectivity index (χ0) is 34.5. The van der Waals surface area contributed by atoms with Gasteiger partial charge in [0.2, 0.25) is 35.4 Å². The maximum atomic E-state index is 13.9. The molecule has 6 N–H and O–H groups in total. The van der Waals surface area contributed by atoms with E-state index in [9.17, 15) is 33.9 Å². The minimum absolute atomic E-state index is 0.134. The number of amides is 6. The number of nitrogens with zero attached hydrogens (tertiary/aromatic N) is 1. The Bertz CT molecular complexity index is 1240. The van der Waals surface area contributed by atoms with Crippen LogP contribution in [0.1, 0.15) is 84.6 Å². The van der Waals surface area contributed by atoms with E-state index in [1.807, 2.05) is 44.2 Å². The minimum atomic E-state index is -1.44. The number of carbonyl (C=O) groups excluding carboxylic acids is 6. The first-order valence-corrected chi connectivity index (χ1v) is 16.9. The first kappa shape index (κ1) is 37.5. The molecule has 6 amide bonds. The number of hydrogen-bond donors (Lipinski definition) is 6. The molecule has 0 unspecified atom stereocenters. The smallest absolute Gasteiger partial charge is 0.246 e. The number of aliphatic hydroxyl groups excluding tert-OH is 1. The van der Waals surface area contributed by atoms with Crippen molar-refractivity contribution in [1.29, 1.82) is 0 Å². The van der Waals surface area contributed by atoms with Crippen molar-refractivity contribution in [2.45, 2.75) is 122 Å². The topological polar surface area (TPSA) is 186 Å². The van der Waals surface area contributed by atoms with Gasteiger partial charge < -0.3 is 36.6 Å². The maximum Gasteiger partial charge on any atom is 0.246 e. The van der Waals surface area contributed by atoms with Crippen molar-refractivity contribution in [2.24, 2.45) is 5.92 Å². The van der Waals surface area contributed by atoms with Gasteiger partial charge in [0.15, 0.2) is 0 Å². The van der Waals surface area contributed by atoms with Crippen LogP contribution < -0.4 is 26.6 Å². The number of fused-ring (bicyclic) bond motifs is 1. The molecule has 2 saturated heterocycles. The fraction of sp³-hybridized carbons (Fsp3) is 0.647. The number of carbonyl (C=O) groups is 6. The van der Waals surface area contributed by atoms with Gasteiger partial charge in [-0.15, -0.1) is 0 Å². The van der Waals surface area contributed by atoms with Crippen molar-refractivity contribution < 1.29 is 33.9 Å². The predicted molar refractivity (Wildman–Crippen MR) is 176 cm³/mol. The number of nitrogens with one attached hydrogen (secondary N) is 5. The van der Waals surface area contributed by atoms with Crippen LogP contribution in [0.2, 0.25) is 0 Å². The Hall–Kier alpha value is -4.00. The van der Waals surface area contributed by atoms with Crippen molar-refractivity contribution in [2.75, 3.05) is 13.1 Å². The highest BCUT2D eigenvalue weighted by atomic mass is 16.3. The lowest BCUT2D eigenvalue weighted by atomic mass is 10.0. The van der Waals surface area contributed by atoms with Gasteiger partial charge in [-0.3, -0.25) is 28.8 Å². The van der Waals surface area contributed by atoms with Crippen LogP contribution in [0.3, 0.4) is 0 Å². The van der Waals surface area contributed by atoms with Crippen LogP contribution in [-0.4, -0.2) is 94.9 Å². The summed E-state index contributed by atoms with van der Waals surface area (Å²) in [6, 6.07) is 3.93. The lowest BCUT2D eigenvalue weighted by molar-refractivity contribution is -0.142. The van der Waals surface area contributed by atoms with Gasteiger partial charge in [-0.2, -0.15) is 0 Å². The number of rotatable bonds is 8. The molecule has 2 aliphatic rings. The highest BCUT2D eigenvalue weighted by Crippen LogP contribution is 2.20. The van der Waals surface area contributed by atoms with Crippen LogP contribution >= 0.6 is 0 Å². The van der Waals surface area contributed by atoms with Crippen molar-refractivity contribution in [3.05, 3.63) is 35.9 Å². The Labute approximate surface area is 277 Å². The van der Waals surface area contributed by atoms with E-state index in [0.29, 0.717) is 51.1 Å². The molecule has 260 valence electrons. The Kier molecular flexibility index (Phi) is 14.6. The molecule has 6 atom stereocenters. The van der Waals surface area contributed by atoms with Crippen molar-refractivity contribution in [3.8, 4) is 0 Å². The average molecular weight is 657 g/mol. The summed E-state index contributed by atoms with van der Waals surface area (Å²) in [5, 5.41) is 24.2. The molecule has 1 aromatic carbocycles. The Morgan fingerprint density at radius 2 is 1.60 bits per heavy atom. The Balaban J connectivity index is 1.90. The van der Waals surface area contributed by atoms with E-state index >= 15 is 0 Å². The number of hydrogen-bond acceptors (Lipinski definition) is 7. The summed E-state index contributed by atoms with van der Waals surface area (Å²) in [6.07, 6.45) is 2.27. The summed E-state index contributed by atoms with van der Waals surface area (Å²) in [5.74, 6) is -2.70. The van der Waals surface area contributed by atoms with Crippen LogP contribution in [0, 0.1) is 5.92 Å². The summed E-state index contributed by atoms with van der Waals surface area (Å²) in [6.45, 7) is 7.70. The van der Waals surface area contributed by atoms with Crippen LogP contribution in [-0.2, 0) is 35.2 Å². The molecule has 0 saturated carbocycles. The summed E-state index contributed by atoms with van der Waals surface area (Å²) in [5.41, 5.74) is 0.780. The van der Waals surface area contributed by atoms with Gasteiger partial charge in [-0.1, -0.05) is 51.1 Å². The maximum absolute atomic E-state index is 13.9. The van der Waals surface area contributed by atoms with Gasteiger partial charge in [0.1, 0.15) is 30.2 Å². The third-order valence-electron chi connectivity index (χ3n) is 8.66. The molecule has 2 fully saturated rings. The molecule has 13 nitrogen and oxygen atoms in total. The normalized spacial score (nSPS) is 26.1. The van der Waals surface area contributed by atoms with Gasteiger partial charge in [0, 0.05) is 25.9 Å². The zero-order valence-electron chi connectivity index (χ0n) is 28.1. The van der Waals surface area contributed by atoms with E-state index in [-0.39, 0.29) is 37.5 Å². The molecule has 0 aromatic heterocycles. The fourth-order valence-corrected chi connectivity index (χ4v) is 5.86. The number of aliphatic hydroxyl groups is 1. The van der Waals surface area contributed by atoms with Crippen LogP contribution in [0.4, 0.5) is 0 Å². The van der Waals surface area contributed by atoms with E-state index < -0.39 is 59.9 Å². The Morgan fingerprint density at radius 3 is 2.26 bits per heavy atom. The molecule has 0 spiro atoms. The second-order valence-corrected chi connectivity index (χ2v) is 13.0. The molecule has 0 radical (unpaired) electrons. The largest absolute Gasteiger partial charge is 0.391 e. The first-order chi connectivity index (χ1) is 22.4. The molecule has 2 aliphatic heterocycles. The van der Waals surface area contributed by atoms with Gasteiger partial charge >= 0.3 is 0 Å². The van der Waals surface area contributed by atoms with Gasteiger partial charge in [0.05, 0.1) is 6.10 Å². The molecule has 0 aliphatic carbocycles. The lowest BCUT2D eigenvalue weighted by Gasteiger charge is -2.30. The van der Waals surface area contributed by atoms with Crippen LogP contribution in [0.5, 0.6) is 0 Å².